The van der Waals surface area contributed by atoms with Crippen molar-refractivity contribution in [2.45, 2.75) is 19.4 Å². The highest BCUT2D eigenvalue weighted by Crippen LogP contribution is 2.26. The summed E-state index contributed by atoms with van der Waals surface area (Å²) in [6.07, 6.45) is 4.29. The fourth-order valence-electron chi connectivity index (χ4n) is 2.75. The highest BCUT2D eigenvalue weighted by Gasteiger charge is 2.27. The number of aromatic nitrogens is 3. The van der Waals surface area contributed by atoms with Crippen LogP contribution in [0.2, 0.25) is 0 Å². The molecule has 0 saturated carbocycles. The first-order valence-electron chi connectivity index (χ1n) is 6.91. The van der Waals surface area contributed by atoms with E-state index in [2.05, 4.69) is 43.6 Å². The van der Waals surface area contributed by atoms with Crippen LogP contribution in [0.15, 0.2) is 17.0 Å². The molecular weight excluding hydrogens is 336 g/mol. The van der Waals surface area contributed by atoms with Gasteiger partial charge in [-0.15, -0.1) is 0 Å². The maximum atomic E-state index is 11.7. The van der Waals surface area contributed by atoms with Gasteiger partial charge in [0.2, 0.25) is 0 Å². The number of primary amides is 1. The second kappa shape index (κ2) is 5.61. The number of imidazole rings is 1. The average Bonchev–Trinajstić information content (AvgIpc) is 3.03. The van der Waals surface area contributed by atoms with Gasteiger partial charge in [-0.2, -0.15) is 5.10 Å². The van der Waals surface area contributed by atoms with Gasteiger partial charge in [-0.05, 0) is 21.8 Å². The lowest BCUT2D eigenvalue weighted by molar-refractivity contribution is 0.100. The van der Waals surface area contributed by atoms with Gasteiger partial charge < -0.3 is 16.4 Å². The highest BCUT2D eigenvalue weighted by atomic mass is 79.9. The van der Waals surface area contributed by atoms with Crippen molar-refractivity contribution in [2.75, 3.05) is 18.4 Å². The van der Waals surface area contributed by atoms with E-state index < -0.39 is 5.91 Å². The van der Waals surface area contributed by atoms with Crippen LogP contribution in [0.25, 0.3) is 5.65 Å². The van der Waals surface area contributed by atoms with Crippen molar-refractivity contribution in [3.05, 3.63) is 22.6 Å². The van der Waals surface area contributed by atoms with E-state index in [1.165, 1.54) is 6.20 Å². The predicted octanol–water partition coefficient (Wildman–Crippen LogP) is 1.00. The Morgan fingerprint density at radius 3 is 3.14 bits per heavy atom. The zero-order valence-electron chi connectivity index (χ0n) is 11.6. The predicted molar refractivity (Wildman–Crippen MR) is 83.3 cm³/mol. The molecule has 0 spiro atoms. The Balaban J connectivity index is 2.05. The monoisotopic (exact) mass is 352 g/mol. The topological polar surface area (TPSA) is 97.3 Å². The molecule has 1 amide bonds. The lowest BCUT2D eigenvalue weighted by atomic mass is 10.0. The van der Waals surface area contributed by atoms with Crippen LogP contribution in [-0.2, 0) is 0 Å². The number of nitrogens with two attached hydrogens (primary N) is 1. The van der Waals surface area contributed by atoms with Crippen molar-refractivity contribution < 1.29 is 4.79 Å². The normalized spacial score (nSPS) is 21.8. The lowest BCUT2D eigenvalue weighted by Gasteiger charge is -2.21. The Morgan fingerprint density at radius 2 is 2.43 bits per heavy atom. The molecule has 1 fully saturated rings. The Morgan fingerprint density at radius 1 is 1.62 bits per heavy atom. The molecule has 2 atom stereocenters. The molecule has 21 heavy (non-hydrogen) atoms. The fourth-order valence-corrected chi connectivity index (χ4v) is 3.11. The van der Waals surface area contributed by atoms with Gasteiger partial charge in [-0.25, -0.2) is 9.50 Å². The lowest BCUT2D eigenvalue weighted by Crippen LogP contribution is -2.30. The van der Waals surface area contributed by atoms with Gasteiger partial charge in [0.25, 0.3) is 5.91 Å². The summed E-state index contributed by atoms with van der Waals surface area (Å²) >= 11 is 3.33. The van der Waals surface area contributed by atoms with E-state index in [-0.39, 0.29) is 6.04 Å². The van der Waals surface area contributed by atoms with Gasteiger partial charge in [0.1, 0.15) is 4.60 Å². The van der Waals surface area contributed by atoms with Gasteiger partial charge in [0.05, 0.1) is 23.6 Å². The number of amides is 1. The molecule has 0 radical (unpaired) electrons. The van der Waals surface area contributed by atoms with Crippen LogP contribution >= 0.6 is 15.9 Å². The molecule has 8 heteroatoms. The van der Waals surface area contributed by atoms with Crippen molar-refractivity contribution >= 4 is 33.2 Å². The van der Waals surface area contributed by atoms with Crippen LogP contribution in [0.5, 0.6) is 0 Å². The number of nitrogens with zero attached hydrogens (tertiary/aromatic N) is 3. The molecule has 2 aromatic rings. The van der Waals surface area contributed by atoms with E-state index in [4.69, 9.17) is 5.73 Å². The Labute approximate surface area is 130 Å². The van der Waals surface area contributed by atoms with Crippen molar-refractivity contribution in [1.29, 1.82) is 0 Å². The quantitative estimate of drug-likeness (QED) is 0.762. The summed E-state index contributed by atoms with van der Waals surface area (Å²) in [4.78, 5) is 16.1. The number of hydrogen-bond donors (Lipinski definition) is 3. The summed E-state index contributed by atoms with van der Waals surface area (Å²) in [5.41, 5.74) is 7.08. The maximum absolute atomic E-state index is 11.7. The molecule has 112 valence electrons. The summed E-state index contributed by atoms with van der Waals surface area (Å²) < 4.78 is 2.29. The molecule has 0 aliphatic carbocycles. The third-order valence-corrected chi connectivity index (χ3v) is 4.30. The first kappa shape index (κ1) is 14.3. The summed E-state index contributed by atoms with van der Waals surface area (Å²) in [6, 6.07) is 0.245. The van der Waals surface area contributed by atoms with Gasteiger partial charge in [0, 0.05) is 19.1 Å². The maximum Gasteiger partial charge on any atom is 0.252 e. The molecule has 4 N–H and O–H groups in total. The second-order valence-electron chi connectivity index (χ2n) is 5.21. The minimum Gasteiger partial charge on any atom is -0.377 e. The fraction of sp³-hybridized carbons (Fsp3) is 0.462. The zero-order chi connectivity index (χ0) is 15.0. The van der Waals surface area contributed by atoms with Crippen LogP contribution in [0.4, 0.5) is 5.69 Å². The number of nitrogens with one attached hydrogen (secondary N) is 2. The molecule has 0 unspecified atom stereocenters. The summed E-state index contributed by atoms with van der Waals surface area (Å²) in [7, 11) is 0. The standard InChI is InChI=1S/C13H17BrN6O/c1-2-7-3-16-5-9(7)18-11-8(12(15)21)4-17-20-6-10(14)19-13(11)20/h4,6-7,9,16,18H,2-3,5H2,1H3,(H2,15,21)/t7-,9-/m1/s1. The molecule has 1 saturated heterocycles. The average molecular weight is 353 g/mol. The Bertz CT molecular complexity index is 685. The summed E-state index contributed by atoms with van der Waals surface area (Å²) in [5, 5.41) is 11.0. The molecule has 3 heterocycles. The van der Waals surface area contributed by atoms with Crippen LogP contribution < -0.4 is 16.4 Å². The third-order valence-electron chi connectivity index (χ3n) is 3.92. The number of halogens is 1. The number of carbonyl (C=O) groups is 1. The highest BCUT2D eigenvalue weighted by molar-refractivity contribution is 9.10. The second-order valence-corrected chi connectivity index (χ2v) is 6.02. The van der Waals surface area contributed by atoms with Crippen molar-refractivity contribution in [3.63, 3.8) is 0 Å². The molecule has 1 aliphatic heterocycles. The van der Waals surface area contributed by atoms with E-state index in [0.717, 1.165) is 19.5 Å². The number of carbonyl (C=O) groups excluding carboxylic acids is 1. The van der Waals surface area contributed by atoms with E-state index in [9.17, 15) is 4.79 Å². The third kappa shape index (κ3) is 2.60. The number of anilines is 1. The molecule has 7 nitrogen and oxygen atoms in total. The first-order chi connectivity index (χ1) is 10.1. The Kier molecular flexibility index (Phi) is 3.81. The summed E-state index contributed by atoms with van der Waals surface area (Å²) in [5.74, 6) is 0.00275. The van der Waals surface area contributed by atoms with Crippen LogP contribution in [-0.4, -0.2) is 39.6 Å². The molecule has 3 rings (SSSR count). The molecular formula is C13H17BrN6O. The SMILES string of the molecule is CC[C@@H]1CNC[C@H]1Nc1c(C(N)=O)cnn2cc(Br)nc12. The van der Waals surface area contributed by atoms with E-state index >= 15 is 0 Å². The first-order valence-corrected chi connectivity index (χ1v) is 7.70. The minimum absolute atomic E-state index is 0.245. The van der Waals surface area contributed by atoms with Gasteiger partial charge >= 0.3 is 0 Å². The minimum atomic E-state index is -0.509. The number of fused-ring (bicyclic) bond motifs is 1. The van der Waals surface area contributed by atoms with Crippen LogP contribution in [0, 0.1) is 5.92 Å². The van der Waals surface area contributed by atoms with Crippen molar-refractivity contribution in [2.24, 2.45) is 11.7 Å². The van der Waals surface area contributed by atoms with E-state index in [0.29, 0.717) is 27.4 Å². The smallest absolute Gasteiger partial charge is 0.252 e. The molecule has 0 aromatic carbocycles. The van der Waals surface area contributed by atoms with Gasteiger partial charge in [0.15, 0.2) is 5.65 Å². The van der Waals surface area contributed by atoms with E-state index in [1.807, 2.05) is 0 Å². The Hall–Kier alpha value is -1.67. The number of rotatable bonds is 4. The molecule has 0 bridgehead atoms. The largest absolute Gasteiger partial charge is 0.377 e. The van der Waals surface area contributed by atoms with E-state index in [1.54, 1.807) is 10.7 Å². The van der Waals surface area contributed by atoms with Crippen LogP contribution in [0.1, 0.15) is 23.7 Å². The summed E-state index contributed by atoms with van der Waals surface area (Å²) in [6.45, 7) is 3.99. The van der Waals surface area contributed by atoms with Crippen LogP contribution in [0.3, 0.4) is 0 Å². The van der Waals surface area contributed by atoms with Gasteiger partial charge in [-0.1, -0.05) is 13.3 Å². The molecule has 1 aliphatic rings. The zero-order valence-corrected chi connectivity index (χ0v) is 13.2. The molecule has 2 aromatic heterocycles. The van der Waals surface area contributed by atoms with Gasteiger partial charge in [-0.3, -0.25) is 4.79 Å². The number of hydrogen-bond acceptors (Lipinski definition) is 5. The van der Waals surface area contributed by atoms with Crippen molar-refractivity contribution in [3.8, 4) is 0 Å². The van der Waals surface area contributed by atoms with Crippen molar-refractivity contribution in [1.82, 2.24) is 19.9 Å².